The van der Waals surface area contributed by atoms with Crippen molar-refractivity contribution in [2.45, 2.75) is 6.18 Å². The van der Waals surface area contributed by atoms with Gasteiger partial charge in [-0.2, -0.15) is 13.2 Å². The summed E-state index contributed by atoms with van der Waals surface area (Å²) in [6, 6.07) is 14.5. The summed E-state index contributed by atoms with van der Waals surface area (Å²) in [5.41, 5.74) is 0.227. The van der Waals surface area contributed by atoms with Gasteiger partial charge in [-0.3, -0.25) is 0 Å². The molecule has 0 aliphatic carbocycles. The first-order chi connectivity index (χ1) is 10.5. The molecule has 5 heteroatoms. The normalized spacial score (nSPS) is 12.8. The first-order valence-electron chi connectivity index (χ1n) is 6.53. The second kappa shape index (κ2) is 7.01. The third-order valence-corrected chi connectivity index (χ3v) is 3.78. The van der Waals surface area contributed by atoms with E-state index in [2.05, 4.69) is 15.9 Å². The topological polar surface area (TPSA) is 9.23 Å². The predicted molar refractivity (Wildman–Crippen MR) is 86.1 cm³/mol. The lowest BCUT2D eigenvalue weighted by Gasteiger charge is -2.18. The molecule has 2 aromatic rings. The molecule has 0 unspecified atom stereocenters. The van der Waals surface area contributed by atoms with Crippen LogP contribution in [0, 0.1) is 0 Å². The lowest BCUT2D eigenvalue weighted by atomic mass is 9.95. The number of rotatable bonds is 4. The Labute approximate surface area is 135 Å². The molecule has 116 valence electrons. The van der Waals surface area contributed by atoms with Crippen molar-refractivity contribution in [3.63, 3.8) is 0 Å². The molecule has 1 nitrogen and oxygen atoms in total. The van der Waals surface area contributed by atoms with Crippen molar-refractivity contribution in [1.82, 2.24) is 0 Å². The van der Waals surface area contributed by atoms with Crippen LogP contribution in [0.4, 0.5) is 13.2 Å². The van der Waals surface area contributed by atoms with Crippen LogP contribution in [-0.2, 0) is 0 Å². The number of halogens is 4. The lowest BCUT2D eigenvalue weighted by Crippen LogP contribution is -2.13. The van der Waals surface area contributed by atoms with Gasteiger partial charge in [0.1, 0.15) is 5.75 Å². The van der Waals surface area contributed by atoms with Crippen molar-refractivity contribution < 1.29 is 17.9 Å². The molecule has 2 rings (SSSR count). The molecule has 0 saturated heterocycles. The summed E-state index contributed by atoms with van der Waals surface area (Å²) in [4.78, 5) is 0. The fourth-order valence-corrected chi connectivity index (χ4v) is 2.80. The molecule has 22 heavy (non-hydrogen) atoms. The summed E-state index contributed by atoms with van der Waals surface area (Å²) in [5, 5.41) is 0.109. The molecule has 0 aliphatic rings. The molecule has 0 saturated carbocycles. The van der Waals surface area contributed by atoms with Crippen molar-refractivity contribution in [2.75, 3.05) is 12.4 Å². The van der Waals surface area contributed by atoms with Gasteiger partial charge in [-0.25, -0.2) is 0 Å². The van der Waals surface area contributed by atoms with Gasteiger partial charge in [0, 0.05) is 5.33 Å². The first-order valence-corrected chi connectivity index (χ1v) is 7.65. The van der Waals surface area contributed by atoms with Gasteiger partial charge in [-0.1, -0.05) is 58.4 Å². The highest BCUT2D eigenvalue weighted by Crippen LogP contribution is 2.40. The van der Waals surface area contributed by atoms with Crippen LogP contribution < -0.4 is 4.74 Å². The van der Waals surface area contributed by atoms with E-state index in [0.717, 1.165) is 0 Å². The SMILES string of the molecule is COc1ccc(/C(=C(\CBr)c2ccccc2)C(F)(F)F)cc1. The summed E-state index contributed by atoms with van der Waals surface area (Å²) in [5.74, 6) is 0.519. The van der Waals surface area contributed by atoms with Crippen LogP contribution >= 0.6 is 15.9 Å². The number of alkyl halides is 4. The fourth-order valence-electron chi connectivity index (χ4n) is 2.19. The molecule has 0 spiro atoms. The Bertz CT molecular complexity index is 646. The summed E-state index contributed by atoms with van der Waals surface area (Å²) in [7, 11) is 1.48. The average Bonchev–Trinajstić information content (AvgIpc) is 2.52. The van der Waals surface area contributed by atoms with Crippen LogP contribution in [0.3, 0.4) is 0 Å². The van der Waals surface area contributed by atoms with Gasteiger partial charge in [-0.05, 0) is 28.8 Å². The standard InChI is InChI=1S/C17H14BrF3O/c1-22-14-9-7-13(8-10-14)16(17(19,20)21)15(11-18)12-5-3-2-4-6-12/h2-10H,11H2,1H3/b16-15-. The van der Waals surface area contributed by atoms with E-state index in [1.54, 1.807) is 30.3 Å². The molecule has 0 N–H and O–H groups in total. The summed E-state index contributed by atoms with van der Waals surface area (Å²) in [6.45, 7) is 0. The molecular weight excluding hydrogens is 357 g/mol. The van der Waals surface area contributed by atoms with Gasteiger partial charge < -0.3 is 4.74 Å². The Hall–Kier alpha value is -1.75. The van der Waals surface area contributed by atoms with Crippen LogP contribution in [0.5, 0.6) is 5.75 Å². The number of hydrogen-bond donors (Lipinski definition) is 0. The monoisotopic (exact) mass is 370 g/mol. The minimum absolute atomic E-state index is 0.109. The quantitative estimate of drug-likeness (QED) is 0.505. The molecular formula is C17H14BrF3O. The maximum absolute atomic E-state index is 13.6. The molecule has 2 aromatic carbocycles. The molecule has 0 aromatic heterocycles. The Kier molecular flexibility index (Phi) is 5.29. The van der Waals surface area contributed by atoms with E-state index in [0.29, 0.717) is 11.3 Å². The van der Waals surface area contributed by atoms with Gasteiger partial charge in [0.05, 0.1) is 12.7 Å². The number of hydrogen-bond acceptors (Lipinski definition) is 1. The minimum Gasteiger partial charge on any atom is -0.497 e. The van der Waals surface area contributed by atoms with E-state index in [9.17, 15) is 13.2 Å². The van der Waals surface area contributed by atoms with E-state index in [4.69, 9.17) is 4.74 Å². The summed E-state index contributed by atoms with van der Waals surface area (Å²) < 4.78 is 45.8. The van der Waals surface area contributed by atoms with Crippen molar-refractivity contribution in [3.05, 3.63) is 65.7 Å². The molecule has 0 atom stereocenters. The lowest BCUT2D eigenvalue weighted by molar-refractivity contribution is -0.0685. The summed E-state index contributed by atoms with van der Waals surface area (Å²) >= 11 is 3.19. The number of allylic oxidation sites excluding steroid dienone is 2. The zero-order valence-electron chi connectivity index (χ0n) is 11.8. The first kappa shape index (κ1) is 16.6. The molecule has 0 bridgehead atoms. The van der Waals surface area contributed by atoms with Crippen molar-refractivity contribution in [3.8, 4) is 5.75 Å². The zero-order chi connectivity index (χ0) is 16.2. The van der Waals surface area contributed by atoms with Crippen LogP contribution in [-0.4, -0.2) is 18.6 Å². The molecule has 0 fully saturated rings. The van der Waals surface area contributed by atoms with Crippen molar-refractivity contribution in [1.29, 1.82) is 0 Å². The van der Waals surface area contributed by atoms with E-state index in [1.807, 2.05) is 0 Å². The second-order valence-electron chi connectivity index (χ2n) is 4.58. The second-order valence-corrected chi connectivity index (χ2v) is 5.14. The highest BCUT2D eigenvalue weighted by molar-refractivity contribution is 9.09. The smallest absolute Gasteiger partial charge is 0.417 e. The number of benzene rings is 2. The number of methoxy groups -OCH3 is 1. The highest BCUT2D eigenvalue weighted by Gasteiger charge is 2.37. The Balaban J connectivity index is 2.64. The summed E-state index contributed by atoms with van der Waals surface area (Å²) in [6.07, 6.45) is -4.45. The van der Waals surface area contributed by atoms with Gasteiger partial charge in [-0.15, -0.1) is 0 Å². The molecule has 0 heterocycles. The van der Waals surface area contributed by atoms with E-state index >= 15 is 0 Å². The van der Waals surface area contributed by atoms with Crippen LogP contribution in [0.15, 0.2) is 54.6 Å². The Morgan fingerprint density at radius 2 is 1.55 bits per heavy atom. The average molecular weight is 371 g/mol. The van der Waals surface area contributed by atoms with Crippen LogP contribution in [0.1, 0.15) is 11.1 Å². The van der Waals surface area contributed by atoms with Gasteiger partial charge >= 0.3 is 6.18 Å². The van der Waals surface area contributed by atoms with E-state index in [-0.39, 0.29) is 16.5 Å². The number of ether oxygens (including phenoxy) is 1. The molecule has 0 amide bonds. The third-order valence-electron chi connectivity index (χ3n) is 3.22. The minimum atomic E-state index is -4.45. The van der Waals surface area contributed by atoms with E-state index in [1.165, 1.54) is 31.4 Å². The highest BCUT2D eigenvalue weighted by atomic mass is 79.9. The largest absolute Gasteiger partial charge is 0.497 e. The Morgan fingerprint density at radius 1 is 0.955 bits per heavy atom. The van der Waals surface area contributed by atoms with Crippen molar-refractivity contribution in [2.24, 2.45) is 0 Å². The molecule has 0 radical (unpaired) electrons. The third kappa shape index (κ3) is 3.71. The van der Waals surface area contributed by atoms with Crippen LogP contribution in [0.2, 0.25) is 0 Å². The van der Waals surface area contributed by atoms with Gasteiger partial charge in [0.25, 0.3) is 0 Å². The Morgan fingerprint density at radius 3 is 2.00 bits per heavy atom. The maximum atomic E-state index is 13.6. The predicted octanol–water partition coefficient (Wildman–Crippen LogP) is 5.56. The zero-order valence-corrected chi connectivity index (χ0v) is 13.4. The van der Waals surface area contributed by atoms with Gasteiger partial charge in [0.15, 0.2) is 0 Å². The van der Waals surface area contributed by atoms with E-state index < -0.39 is 11.7 Å². The molecule has 0 aliphatic heterocycles. The van der Waals surface area contributed by atoms with Crippen LogP contribution in [0.25, 0.3) is 11.1 Å². The van der Waals surface area contributed by atoms with Gasteiger partial charge in [0.2, 0.25) is 0 Å². The maximum Gasteiger partial charge on any atom is 0.417 e. The van der Waals surface area contributed by atoms with Crippen molar-refractivity contribution >= 4 is 27.1 Å². The fraction of sp³-hybridized carbons (Fsp3) is 0.176.